The number of hydrogen-bond acceptors (Lipinski definition) is 3. The summed E-state index contributed by atoms with van der Waals surface area (Å²) in [6, 6.07) is 5.76. The highest BCUT2D eigenvalue weighted by Crippen LogP contribution is 2.25. The van der Waals surface area contributed by atoms with Crippen LogP contribution in [0.4, 0.5) is 5.69 Å². The third-order valence-corrected chi connectivity index (χ3v) is 3.56. The predicted octanol–water partition coefficient (Wildman–Crippen LogP) is 2.38. The molecular weight excluding hydrogens is 296 g/mol. The van der Waals surface area contributed by atoms with E-state index in [0.717, 1.165) is 15.7 Å². The lowest BCUT2D eigenvalue weighted by Gasteiger charge is -2.09. The van der Waals surface area contributed by atoms with E-state index in [0.29, 0.717) is 13.0 Å². The molecule has 0 atom stereocenters. The molecule has 1 heterocycles. The van der Waals surface area contributed by atoms with E-state index in [9.17, 15) is 4.79 Å². The van der Waals surface area contributed by atoms with Crippen LogP contribution in [-0.4, -0.2) is 20.9 Å². The molecule has 6 heteroatoms. The van der Waals surface area contributed by atoms with Gasteiger partial charge in [0, 0.05) is 17.1 Å². The number of carbonyl (C=O) groups is 1. The van der Waals surface area contributed by atoms with Crippen molar-refractivity contribution in [1.29, 1.82) is 0 Å². The molecule has 0 aliphatic rings. The van der Waals surface area contributed by atoms with Gasteiger partial charge in [-0.2, -0.15) is 0 Å². The molecule has 1 aromatic heterocycles. The van der Waals surface area contributed by atoms with Crippen molar-refractivity contribution in [1.82, 2.24) is 15.0 Å². The minimum Gasteiger partial charge on any atom is -0.325 e. The number of anilines is 1. The van der Waals surface area contributed by atoms with Crippen LogP contribution in [0.3, 0.4) is 0 Å². The molecule has 94 valence electrons. The second kappa shape index (κ2) is 5.77. The SMILES string of the molecule is Cc1cccc(NC(=O)CCn2ccnn2)c1Br. The summed E-state index contributed by atoms with van der Waals surface area (Å²) in [4.78, 5) is 11.8. The second-order valence-corrected chi connectivity index (χ2v) is 4.69. The summed E-state index contributed by atoms with van der Waals surface area (Å²) in [5.74, 6) is -0.0446. The summed E-state index contributed by atoms with van der Waals surface area (Å²) in [6.07, 6.45) is 3.69. The summed E-state index contributed by atoms with van der Waals surface area (Å²) in [6.45, 7) is 2.50. The first kappa shape index (κ1) is 12.8. The molecule has 0 saturated carbocycles. The fourth-order valence-electron chi connectivity index (χ4n) is 1.52. The van der Waals surface area contributed by atoms with Crippen LogP contribution < -0.4 is 5.32 Å². The Hall–Kier alpha value is -1.69. The van der Waals surface area contributed by atoms with Crippen LogP contribution in [0.15, 0.2) is 35.1 Å². The maximum Gasteiger partial charge on any atom is 0.226 e. The van der Waals surface area contributed by atoms with Crippen molar-refractivity contribution >= 4 is 27.5 Å². The molecule has 1 amide bonds. The zero-order valence-corrected chi connectivity index (χ0v) is 11.5. The Kier molecular flexibility index (Phi) is 4.09. The molecule has 1 N–H and O–H groups in total. The summed E-state index contributed by atoms with van der Waals surface area (Å²) in [5.41, 5.74) is 1.88. The number of nitrogens with zero attached hydrogens (tertiary/aromatic N) is 3. The van der Waals surface area contributed by atoms with Crippen molar-refractivity contribution in [3.05, 3.63) is 40.6 Å². The standard InChI is InChI=1S/C12H13BrN4O/c1-9-3-2-4-10(12(9)13)15-11(18)5-7-17-8-6-14-16-17/h2-4,6,8H,5,7H2,1H3,(H,15,18). The van der Waals surface area contributed by atoms with E-state index in [1.165, 1.54) is 0 Å². The lowest BCUT2D eigenvalue weighted by Crippen LogP contribution is -2.15. The maximum absolute atomic E-state index is 11.8. The lowest BCUT2D eigenvalue weighted by molar-refractivity contribution is -0.116. The van der Waals surface area contributed by atoms with Crippen LogP contribution >= 0.6 is 15.9 Å². The molecule has 0 spiro atoms. The van der Waals surface area contributed by atoms with Crippen molar-refractivity contribution in [3.63, 3.8) is 0 Å². The van der Waals surface area contributed by atoms with E-state index in [-0.39, 0.29) is 5.91 Å². The number of aromatic nitrogens is 3. The number of benzene rings is 1. The van der Waals surface area contributed by atoms with Gasteiger partial charge in [-0.05, 0) is 34.5 Å². The number of carbonyl (C=O) groups excluding carboxylic acids is 1. The quantitative estimate of drug-likeness (QED) is 0.943. The van der Waals surface area contributed by atoms with Gasteiger partial charge in [-0.15, -0.1) is 5.10 Å². The van der Waals surface area contributed by atoms with Gasteiger partial charge in [-0.1, -0.05) is 17.3 Å². The minimum atomic E-state index is -0.0446. The number of amides is 1. The molecular formula is C12H13BrN4O. The van der Waals surface area contributed by atoms with Crippen LogP contribution in [0.5, 0.6) is 0 Å². The topological polar surface area (TPSA) is 59.8 Å². The Labute approximate surface area is 113 Å². The summed E-state index contributed by atoms with van der Waals surface area (Å²) < 4.78 is 2.55. The van der Waals surface area contributed by atoms with Crippen molar-refractivity contribution in [2.75, 3.05) is 5.32 Å². The molecule has 0 aliphatic carbocycles. The highest BCUT2D eigenvalue weighted by atomic mass is 79.9. The highest BCUT2D eigenvalue weighted by Gasteiger charge is 2.07. The number of halogens is 1. The van der Waals surface area contributed by atoms with Gasteiger partial charge < -0.3 is 5.32 Å². The van der Waals surface area contributed by atoms with Gasteiger partial charge in [0.1, 0.15) is 0 Å². The number of hydrogen-bond donors (Lipinski definition) is 1. The maximum atomic E-state index is 11.8. The van der Waals surface area contributed by atoms with E-state index in [1.807, 2.05) is 25.1 Å². The van der Waals surface area contributed by atoms with Crippen molar-refractivity contribution in [2.45, 2.75) is 19.9 Å². The van der Waals surface area contributed by atoms with Crippen molar-refractivity contribution in [3.8, 4) is 0 Å². The molecule has 1 aromatic carbocycles. The largest absolute Gasteiger partial charge is 0.325 e. The molecule has 0 aliphatic heterocycles. The first-order valence-corrected chi connectivity index (χ1v) is 6.35. The van der Waals surface area contributed by atoms with E-state index >= 15 is 0 Å². The van der Waals surface area contributed by atoms with Gasteiger partial charge >= 0.3 is 0 Å². The Morgan fingerprint density at radius 3 is 3.06 bits per heavy atom. The Bertz CT molecular complexity index is 539. The fourth-order valence-corrected chi connectivity index (χ4v) is 1.89. The van der Waals surface area contributed by atoms with Gasteiger partial charge in [-0.3, -0.25) is 9.48 Å². The molecule has 2 aromatic rings. The van der Waals surface area contributed by atoms with Gasteiger partial charge in [-0.25, -0.2) is 0 Å². The molecule has 0 radical (unpaired) electrons. The Morgan fingerprint density at radius 2 is 2.33 bits per heavy atom. The zero-order valence-electron chi connectivity index (χ0n) is 9.93. The number of rotatable bonds is 4. The first-order chi connectivity index (χ1) is 8.66. The molecule has 2 rings (SSSR count). The zero-order chi connectivity index (χ0) is 13.0. The van der Waals surface area contributed by atoms with E-state index < -0.39 is 0 Å². The Morgan fingerprint density at radius 1 is 1.50 bits per heavy atom. The number of nitrogens with one attached hydrogen (secondary N) is 1. The first-order valence-electron chi connectivity index (χ1n) is 5.56. The molecule has 0 bridgehead atoms. The van der Waals surface area contributed by atoms with Gasteiger partial charge in [0.15, 0.2) is 0 Å². The predicted molar refractivity (Wildman–Crippen MR) is 72.1 cm³/mol. The monoisotopic (exact) mass is 308 g/mol. The van der Waals surface area contributed by atoms with E-state index in [4.69, 9.17) is 0 Å². The van der Waals surface area contributed by atoms with Crippen LogP contribution in [-0.2, 0) is 11.3 Å². The average Bonchev–Trinajstić information content (AvgIpc) is 2.86. The van der Waals surface area contributed by atoms with E-state index in [1.54, 1.807) is 17.1 Å². The summed E-state index contributed by atoms with van der Waals surface area (Å²) in [7, 11) is 0. The fraction of sp³-hybridized carbons (Fsp3) is 0.250. The van der Waals surface area contributed by atoms with Crippen LogP contribution in [0.2, 0.25) is 0 Å². The van der Waals surface area contributed by atoms with Crippen LogP contribution in [0.25, 0.3) is 0 Å². The third kappa shape index (κ3) is 3.16. The second-order valence-electron chi connectivity index (χ2n) is 3.90. The average molecular weight is 309 g/mol. The van der Waals surface area contributed by atoms with Crippen LogP contribution in [0.1, 0.15) is 12.0 Å². The summed E-state index contributed by atoms with van der Waals surface area (Å²) in [5, 5.41) is 10.4. The highest BCUT2D eigenvalue weighted by molar-refractivity contribution is 9.10. The molecule has 18 heavy (non-hydrogen) atoms. The van der Waals surface area contributed by atoms with Gasteiger partial charge in [0.25, 0.3) is 0 Å². The molecule has 0 saturated heterocycles. The smallest absolute Gasteiger partial charge is 0.226 e. The Balaban J connectivity index is 1.93. The van der Waals surface area contributed by atoms with Gasteiger partial charge in [0.05, 0.1) is 18.4 Å². The molecule has 0 unspecified atom stereocenters. The number of aryl methyl sites for hydroxylation is 2. The van der Waals surface area contributed by atoms with Crippen molar-refractivity contribution < 1.29 is 4.79 Å². The summed E-state index contributed by atoms with van der Waals surface area (Å²) >= 11 is 3.46. The van der Waals surface area contributed by atoms with Crippen LogP contribution in [0, 0.1) is 6.92 Å². The van der Waals surface area contributed by atoms with Gasteiger partial charge in [0.2, 0.25) is 5.91 Å². The minimum absolute atomic E-state index is 0.0446. The molecule has 0 fully saturated rings. The van der Waals surface area contributed by atoms with E-state index in [2.05, 4.69) is 31.6 Å². The molecule has 5 nitrogen and oxygen atoms in total. The third-order valence-electron chi connectivity index (χ3n) is 2.51. The normalized spacial score (nSPS) is 10.3. The lowest BCUT2D eigenvalue weighted by atomic mass is 10.2. The van der Waals surface area contributed by atoms with Crippen molar-refractivity contribution in [2.24, 2.45) is 0 Å².